The SMILES string of the molecule is C=CCOCOC(=O)C(C)=CCCCCCCCCCCCCC. The molecule has 3 heteroatoms. The van der Waals surface area contributed by atoms with Crippen LogP contribution in [0.3, 0.4) is 0 Å². The minimum atomic E-state index is -0.290. The predicted octanol–water partition coefficient (Wildman–Crippen LogP) is 6.34. The van der Waals surface area contributed by atoms with Gasteiger partial charge in [0, 0.05) is 5.57 Å². The molecule has 0 unspecified atom stereocenters. The lowest BCUT2D eigenvalue weighted by Gasteiger charge is -2.05. The van der Waals surface area contributed by atoms with Crippen LogP contribution in [0.4, 0.5) is 0 Å². The zero-order valence-corrected chi connectivity index (χ0v) is 16.0. The molecule has 0 N–H and O–H groups in total. The van der Waals surface area contributed by atoms with E-state index in [0.29, 0.717) is 12.2 Å². The molecule has 0 saturated heterocycles. The molecule has 0 rings (SSSR count). The highest BCUT2D eigenvalue weighted by atomic mass is 16.7. The molecule has 0 aromatic carbocycles. The van der Waals surface area contributed by atoms with E-state index in [1.807, 2.05) is 6.08 Å². The maximum Gasteiger partial charge on any atom is 0.335 e. The fourth-order valence-electron chi connectivity index (χ4n) is 2.55. The van der Waals surface area contributed by atoms with Gasteiger partial charge in [-0.05, 0) is 19.8 Å². The standard InChI is InChI=1S/C21H38O3/c1-4-6-7-8-9-10-11-12-13-14-15-16-17-20(3)21(22)24-19-23-18-5-2/h5,17H,2,4,6-16,18-19H2,1,3H3. The van der Waals surface area contributed by atoms with E-state index in [9.17, 15) is 4.79 Å². The number of esters is 1. The maximum absolute atomic E-state index is 11.6. The van der Waals surface area contributed by atoms with Gasteiger partial charge in [0.25, 0.3) is 0 Å². The monoisotopic (exact) mass is 338 g/mol. The summed E-state index contributed by atoms with van der Waals surface area (Å²) in [5.74, 6) is -0.290. The number of ether oxygens (including phenoxy) is 2. The second-order valence-electron chi connectivity index (χ2n) is 6.42. The van der Waals surface area contributed by atoms with Crippen LogP contribution in [0, 0.1) is 0 Å². The molecule has 0 fully saturated rings. The van der Waals surface area contributed by atoms with E-state index in [4.69, 9.17) is 9.47 Å². The van der Waals surface area contributed by atoms with Gasteiger partial charge in [0.1, 0.15) is 0 Å². The topological polar surface area (TPSA) is 35.5 Å². The highest BCUT2D eigenvalue weighted by Crippen LogP contribution is 2.12. The first-order valence-corrected chi connectivity index (χ1v) is 9.74. The van der Waals surface area contributed by atoms with Crippen molar-refractivity contribution in [3.05, 3.63) is 24.3 Å². The fourth-order valence-corrected chi connectivity index (χ4v) is 2.55. The third-order valence-corrected chi connectivity index (χ3v) is 4.09. The Morgan fingerprint density at radius 2 is 1.46 bits per heavy atom. The lowest BCUT2D eigenvalue weighted by atomic mass is 10.0. The largest absolute Gasteiger partial charge is 0.435 e. The van der Waals surface area contributed by atoms with Gasteiger partial charge >= 0.3 is 5.97 Å². The first kappa shape index (κ1) is 22.9. The van der Waals surface area contributed by atoms with Crippen molar-refractivity contribution in [2.24, 2.45) is 0 Å². The number of carbonyl (C=O) groups is 1. The van der Waals surface area contributed by atoms with Gasteiger partial charge in [0.2, 0.25) is 0 Å². The normalized spacial score (nSPS) is 11.5. The summed E-state index contributed by atoms with van der Waals surface area (Å²) < 4.78 is 10.0. The molecule has 0 aromatic heterocycles. The number of unbranched alkanes of at least 4 members (excludes halogenated alkanes) is 11. The molecule has 0 bridgehead atoms. The minimum absolute atomic E-state index is 0.00548. The van der Waals surface area contributed by atoms with Crippen LogP contribution < -0.4 is 0 Å². The molecule has 3 nitrogen and oxygen atoms in total. The Hall–Kier alpha value is -1.09. The summed E-state index contributed by atoms with van der Waals surface area (Å²) in [5.41, 5.74) is 0.671. The zero-order chi connectivity index (χ0) is 17.9. The van der Waals surface area contributed by atoms with Crippen LogP contribution in [0.25, 0.3) is 0 Å². The van der Waals surface area contributed by atoms with Crippen LogP contribution in [-0.4, -0.2) is 19.4 Å². The molecule has 0 aromatic rings. The van der Waals surface area contributed by atoms with E-state index in [1.165, 1.54) is 64.2 Å². The smallest absolute Gasteiger partial charge is 0.335 e. The molecular weight excluding hydrogens is 300 g/mol. The molecule has 0 spiro atoms. The number of hydrogen-bond acceptors (Lipinski definition) is 3. The van der Waals surface area contributed by atoms with Crippen LogP contribution in [0.5, 0.6) is 0 Å². The molecule has 0 aliphatic heterocycles. The van der Waals surface area contributed by atoms with E-state index in [1.54, 1.807) is 13.0 Å². The highest BCUT2D eigenvalue weighted by molar-refractivity contribution is 5.87. The van der Waals surface area contributed by atoms with Gasteiger partial charge in [-0.1, -0.05) is 83.3 Å². The van der Waals surface area contributed by atoms with Gasteiger partial charge < -0.3 is 9.47 Å². The molecule has 140 valence electrons. The van der Waals surface area contributed by atoms with Crippen molar-refractivity contribution in [1.29, 1.82) is 0 Å². The molecule has 0 aliphatic rings. The average Bonchev–Trinajstić information content (AvgIpc) is 2.59. The second-order valence-corrected chi connectivity index (χ2v) is 6.42. The summed E-state index contributed by atoms with van der Waals surface area (Å²) in [6.45, 7) is 7.99. The van der Waals surface area contributed by atoms with E-state index < -0.39 is 0 Å². The molecule has 24 heavy (non-hydrogen) atoms. The maximum atomic E-state index is 11.6. The second kappa shape index (κ2) is 18.3. The summed E-state index contributed by atoms with van der Waals surface area (Å²) in [5, 5.41) is 0. The van der Waals surface area contributed by atoms with Gasteiger partial charge in [-0.15, -0.1) is 6.58 Å². The summed E-state index contributed by atoms with van der Waals surface area (Å²) >= 11 is 0. The van der Waals surface area contributed by atoms with Gasteiger partial charge in [0.05, 0.1) is 6.61 Å². The lowest BCUT2D eigenvalue weighted by molar-refractivity contribution is -0.150. The van der Waals surface area contributed by atoms with Crippen LogP contribution in [0.2, 0.25) is 0 Å². The van der Waals surface area contributed by atoms with Crippen LogP contribution in [-0.2, 0) is 14.3 Å². The fraction of sp³-hybridized carbons (Fsp3) is 0.762. The van der Waals surface area contributed by atoms with Crippen molar-refractivity contribution >= 4 is 5.97 Å². The average molecular weight is 339 g/mol. The quantitative estimate of drug-likeness (QED) is 0.102. The summed E-state index contributed by atoms with van der Waals surface area (Å²) in [6.07, 6.45) is 19.3. The Labute approximate surface area is 149 Å². The zero-order valence-electron chi connectivity index (χ0n) is 16.0. The Kier molecular flexibility index (Phi) is 17.4. The Morgan fingerprint density at radius 1 is 0.917 bits per heavy atom. The molecule has 0 radical (unpaired) electrons. The molecular formula is C21H38O3. The summed E-state index contributed by atoms with van der Waals surface area (Å²) in [6, 6.07) is 0. The number of allylic oxidation sites excluding steroid dienone is 1. The Morgan fingerprint density at radius 3 is 2.00 bits per heavy atom. The summed E-state index contributed by atoms with van der Waals surface area (Å²) in [4.78, 5) is 11.6. The third-order valence-electron chi connectivity index (χ3n) is 4.09. The predicted molar refractivity (Wildman–Crippen MR) is 102 cm³/mol. The number of rotatable bonds is 17. The summed E-state index contributed by atoms with van der Waals surface area (Å²) in [7, 11) is 0. The number of carbonyl (C=O) groups excluding carboxylic acids is 1. The van der Waals surface area contributed by atoms with Crippen LogP contribution in [0.1, 0.15) is 90.9 Å². The number of hydrogen-bond donors (Lipinski definition) is 0. The molecule has 0 saturated carbocycles. The first-order chi connectivity index (χ1) is 11.7. The molecule has 0 amide bonds. The van der Waals surface area contributed by atoms with Gasteiger partial charge in [-0.3, -0.25) is 0 Å². The van der Waals surface area contributed by atoms with Crippen molar-refractivity contribution in [2.75, 3.05) is 13.4 Å². The van der Waals surface area contributed by atoms with E-state index in [-0.39, 0.29) is 12.8 Å². The van der Waals surface area contributed by atoms with Gasteiger partial charge in [-0.25, -0.2) is 4.79 Å². The van der Waals surface area contributed by atoms with Crippen molar-refractivity contribution in [2.45, 2.75) is 90.9 Å². The highest BCUT2D eigenvalue weighted by Gasteiger charge is 2.04. The van der Waals surface area contributed by atoms with Crippen molar-refractivity contribution in [3.8, 4) is 0 Å². The minimum Gasteiger partial charge on any atom is -0.435 e. The van der Waals surface area contributed by atoms with Crippen LogP contribution >= 0.6 is 0 Å². The Balaban J connectivity index is 3.40. The molecule has 0 atom stereocenters. The van der Waals surface area contributed by atoms with Gasteiger partial charge in [0.15, 0.2) is 6.79 Å². The van der Waals surface area contributed by atoms with E-state index >= 15 is 0 Å². The first-order valence-electron chi connectivity index (χ1n) is 9.74. The van der Waals surface area contributed by atoms with Crippen LogP contribution in [0.15, 0.2) is 24.3 Å². The third kappa shape index (κ3) is 15.8. The van der Waals surface area contributed by atoms with Crippen molar-refractivity contribution < 1.29 is 14.3 Å². The molecule has 0 aliphatic carbocycles. The van der Waals surface area contributed by atoms with Gasteiger partial charge in [-0.2, -0.15) is 0 Å². The van der Waals surface area contributed by atoms with E-state index in [0.717, 1.165) is 12.8 Å². The van der Waals surface area contributed by atoms with Crippen molar-refractivity contribution in [1.82, 2.24) is 0 Å². The Bertz CT molecular complexity index is 334. The lowest BCUT2D eigenvalue weighted by Crippen LogP contribution is -2.09. The van der Waals surface area contributed by atoms with E-state index in [2.05, 4.69) is 13.5 Å². The molecule has 0 heterocycles. The van der Waals surface area contributed by atoms with Crippen molar-refractivity contribution in [3.63, 3.8) is 0 Å².